The third-order valence-corrected chi connectivity index (χ3v) is 2.00. The summed E-state index contributed by atoms with van der Waals surface area (Å²) in [5.74, 6) is 1.94. The summed E-state index contributed by atoms with van der Waals surface area (Å²) in [6.07, 6.45) is 2.01. The first-order valence-corrected chi connectivity index (χ1v) is 3.91. The average molecular weight is 152 g/mol. The third kappa shape index (κ3) is 1.14. The van der Waals surface area contributed by atoms with Crippen LogP contribution in [0.5, 0.6) is 0 Å². The van der Waals surface area contributed by atoms with Gasteiger partial charge in [-0.05, 0) is 13.3 Å². The van der Waals surface area contributed by atoms with Gasteiger partial charge in [-0.25, -0.2) is 9.67 Å². The SMILES string of the molecule is Cc1nc2n(n1)C[C@H](N)CC2. The van der Waals surface area contributed by atoms with Crippen molar-refractivity contribution in [3.05, 3.63) is 11.6 Å². The molecule has 0 aliphatic carbocycles. The normalized spacial score (nSPS) is 23.3. The van der Waals surface area contributed by atoms with Gasteiger partial charge in [0.25, 0.3) is 0 Å². The van der Waals surface area contributed by atoms with Crippen molar-refractivity contribution < 1.29 is 0 Å². The van der Waals surface area contributed by atoms with E-state index in [1.807, 2.05) is 11.6 Å². The predicted octanol–water partition coefficient (Wildman–Crippen LogP) is -0.140. The quantitative estimate of drug-likeness (QED) is 0.563. The van der Waals surface area contributed by atoms with Crippen molar-refractivity contribution in [2.75, 3.05) is 0 Å². The maximum absolute atomic E-state index is 5.77. The molecule has 2 N–H and O–H groups in total. The Kier molecular flexibility index (Phi) is 1.42. The van der Waals surface area contributed by atoms with Gasteiger partial charge in [0.2, 0.25) is 0 Å². The molecule has 60 valence electrons. The van der Waals surface area contributed by atoms with Crippen LogP contribution in [0.2, 0.25) is 0 Å². The van der Waals surface area contributed by atoms with E-state index in [1.165, 1.54) is 0 Å². The first kappa shape index (κ1) is 6.79. The van der Waals surface area contributed by atoms with E-state index in [2.05, 4.69) is 10.1 Å². The van der Waals surface area contributed by atoms with Gasteiger partial charge in [0.1, 0.15) is 11.6 Å². The van der Waals surface area contributed by atoms with Crippen LogP contribution in [0.15, 0.2) is 0 Å². The second-order valence-corrected chi connectivity index (χ2v) is 3.06. The lowest BCUT2D eigenvalue weighted by Crippen LogP contribution is -2.32. The third-order valence-electron chi connectivity index (χ3n) is 2.00. The molecule has 1 aromatic heterocycles. The van der Waals surface area contributed by atoms with Crippen molar-refractivity contribution in [3.8, 4) is 0 Å². The molecule has 4 nitrogen and oxygen atoms in total. The standard InChI is InChI=1S/C7H12N4/c1-5-9-7-3-2-6(8)4-11(7)10-5/h6H,2-4,8H2,1H3/t6-/m1/s1. The van der Waals surface area contributed by atoms with Gasteiger partial charge in [-0.2, -0.15) is 5.10 Å². The molecular weight excluding hydrogens is 140 g/mol. The monoisotopic (exact) mass is 152 g/mol. The van der Waals surface area contributed by atoms with Gasteiger partial charge < -0.3 is 5.73 Å². The highest BCUT2D eigenvalue weighted by Gasteiger charge is 2.16. The van der Waals surface area contributed by atoms with Gasteiger partial charge in [-0.15, -0.1) is 0 Å². The van der Waals surface area contributed by atoms with E-state index >= 15 is 0 Å². The zero-order chi connectivity index (χ0) is 7.84. The fourth-order valence-electron chi connectivity index (χ4n) is 1.46. The molecule has 2 rings (SSSR count). The van der Waals surface area contributed by atoms with Crippen LogP contribution in [-0.2, 0) is 13.0 Å². The van der Waals surface area contributed by atoms with Crippen LogP contribution < -0.4 is 5.73 Å². The summed E-state index contributed by atoms with van der Waals surface area (Å²) in [4.78, 5) is 4.28. The molecule has 1 aliphatic heterocycles. The highest BCUT2D eigenvalue weighted by atomic mass is 15.4. The van der Waals surface area contributed by atoms with Crippen molar-refractivity contribution in [2.24, 2.45) is 5.73 Å². The summed E-state index contributed by atoms with van der Waals surface area (Å²) in [6.45, 7) is 2.74. The van der Waals surface area contributed by atoms with E-state index in [9.17, 15) is 0 Å². The first-order valence-electron chi connectivity index (χ1n) is 3.91. The number of nitrogens with zero attached hydrogens (tertiary/aromatic N) is 3. The number of fused-ring (bicyclic) bond motifs is 1. The predicted molar refractivity (Wildman–Crippen MR) is 41.1 cm³/mol. The number of nitrogens with two attached hydrogens (primary N) is 1. The van der Waals surface area contributed by atoms with Crippen LogP contribution in [0.4, 0.5) is 0 Å². The highest BCUT2D eigenvalue weighted by molar-refractivity contribution is 4.95. The molecule has 0 bridgehead atoms. The smallest absolute Gasteiger partial charge is 0.147 e. The van der Waals surface area contributed by atoms with Gasteiger partial charge in [0.05, 0.1) is 6.54 Å². The van der Waals surface area contributed by atoms with Gasteiger partial charge in [-0.3, -0.25) is 0 Å². The van der Waals surface area contributed by atoms with Crippen LogP contribution in [-0.4, -0.2) is 20.8 Å². The summed E-state index contributed by atoms with van der Waals surface area (Å²) in [6, 6.07) is 0.267. The van der Waals surface area contributed by atoms with Gasteiger partial charge in [-0.1, -0.05) is 0 Å². The van der Waals surface area contributed by atoms with Crippen molar-refractivity contribution in [1.82, 2.24) is 14.8 Å². The molecule has 0 amide bonds. The first-order chi connectivity index (χ1) is 5.25. The molecule has 4 heteroatoms. The summed E-state index contributed by atoms with van der Waals surface area (Å²) >= 11 is 0. The second kappa shape index (κ2) is 2.30. The summed E-state index contributed by atoms with van der Waals surface area (Å²) in [5.41, 5.74) is 5.77. The van der Waals surface area contributed by atoms with E-state index in [0.717, 1.165) is 31.0 Å². The molecule has 0 radical (unpaired) electrons. The fraction of sp³-hybridized carbons (Fsp3) is 0.714. The van der Waals surface area contributed by atoms with Crippen molar-refractivity contribution in [1.29, 1.82) is 0 Å². The van der Waals surface area contributed by atoms with E-state index < -0.39 is 0 Å². The number of hydrogen-bond acceptors (Lipinski definition) is 3. The molecule has 11 heavy (non-hydrogen) atoms. The average Bonchev–Trinajstić information content (AvgIpc) is 2.27. The van der Waals surface area contributed by atoms with E-state index in [4.69, 9.17) is 5.73 Å². The molecule has 1 aromatic rings. The Bertz CT molecular complexity index is 265. The molecule has 0 saturated carbocycles. The van der Waals surface area contributed by atoms with E-state index in [0.29, 0.717) is 0 Å². The number of aromatic nitrogens is 3. The Morgan fingerprint density at radius 3 is 3.27 bits per heavy atom. The van der Waals surface area contributed by atoms with Gasteiger partial charge >= 0.3 is 0 Å². The Hall–Kier alpha value is -0.900. The lowest BCUT2D eigenvalue weighted by Gasteiger charge is -2.17. The van der Waals surface area contributed by atoms with E-state index in [-0.39, 0.29) is 6.04 Å². The van der Waals surface area contributed by atoms with Crippen LogP contribution in [0.1, 0.15) is 18.1 Å². The molecule has 0 aromatic carbocycles. The lowest BCUT2D eigenvalue weighted by molar-refractivity contribution is 0.421. The Morgan fingerprint density at radius 1 is 1.64 bits per heavy atom. The second-order valence-electron chi connectivity index (χ2n) is 3.06. The van der Waals surface area contributed by atoms with Crippen LogP contribution >= 0.6 is 0 Å². The van der Waals surface area contributed by atoms with Crippen LogP contribution in [0, 0.1) is 6.92 Å². The Balaban J connectivity index is 2.34. The molecule has 0 fully saturated rings. The fourth-order valence-corrected chi connectivity index (χ4v) is 1.46. The zero-order valence-electron chi connectivity index (χ0n) is 6.62. The topological polar surface area (TPSA) is 56.7 Å². The minimum Gasteiger partial charge on any atom is -0.326 e. The summed E-state index contributed by atoms with van der Waals surface area (Å²) in [7, 11) is 0. The Morgan fingerprint density at radius 2 is 2.45 bits per heavy atom. The molecule has 1 aliphatic rings. The molecular formula is C7H12N4. The number of hydrogen-bond donors (Lipinski definition) is 1. The van der Waals surface area contributed by atoms with Gasteiger partial charge in [0, 0.05) is 12.5 Å². The zero-order valence-corrected chi connectivity index (χ0v) is 6.62. The maximum atomic E-state index is 5.77. The van der Waals surface area contributed by atoms with Gasteiger partial charge in [0.15, 0.2) is 0 Å². The summed E-state index contributed by atoms with van der Waals surface area (Å²) < 4.78 is 1.92. The largest absolute Gasteiger partial charge is 0.326 e. The maximum Gasteiger partial charge on any atom is 0.147 e. The molecule has 1 atom stereocenters. The minimum absolute atomic E-state index is 0.267. The van der Waals surface area contributed by atoms with Crippen molar-refractivity contribution in [3.63, 3.8) is 0 Å². The molecule has 0 spiro atoms. The number of aryl methyl sites for hydroxylation is 2. The minimum atomic E-state index is 0.267. The van der Waals surface area contributed by atoms with Crippen LogP contribution in [0.3, 0.4) is 0 Å². The molecule has 2 heterocycles. The van der Waals surface area contributed by atoms with Crippen molar-refractivity contribution in [2.45, 2.75) is 32.4 Å². The molecule has 0 unspecified atom stereocenters. The molecule has 0 saturated heterocycles. The number of rotatable bonds is 0. The lowest BCUT2D eigenvalue weighted by atomic mass is 10.1. The highest BCUT2D eigenvalue weighted by Crippen LogP contribution is 2.10. The summed E-state index contributed by atoms with van der Waals surface area (Å²) in [5, 5.41) is 4.23. The Labute approximate surface area is 65.4 Å². The van der Waals surface area contributed by atoms with Crippen LogP contribution in [0.25, 0.3) is 0 Å². The van der Waals surface area contributed by atoms with E-state index in [1.54, 1.807) is 0 Å². The van der Waals surface area contributed by atoms with Crippen molar-refractivity contribution >= 4 is 0 Å².